The van der Waals surface area contributed by atoms with E-state index in [1.54, 1.807) is 11.1 Å². The van der Waals surface area contributed by atoms with Crippen molar-refractivity contribution in [2.75, 3.05) is 13.1 Å². The number of carbonyl (C=O) groups excluding carboxylic acids is 2. The number of esters is 1. The summed E-state index contributed by atoms with van der Waals surface area (Å²) in [5, 5.41) is 0. The van der Waals surface area contributed by atoms with Crippen LogP contribution in [-0.2, 0) is 20.7 Å². The first-order valence-electron chi connectivity index (χ1n) is 9.65. The highest BCUT2D eigenvalue weighted by molar-refractivity contribution is 9.10. The first-order valence-corrected chi connectivity index (χ1v) is 10.4. The number of amides is 1. The fourth-order valence-electron chi connectivity index (χ4n) is 3.25. The van der Waals surface area contributed by atoms with Gasteiger partial charge < -0.3 is 14.4 Å². The number of halogens is 1. The quantitative estimate of drug-likeness (QED) is 0.490. The molecule has 0 unspecified atom stereocenters. The van der Waals surface area contributed by atoms with E-state index in [0.717, 1.165) is 16.6 Å². The van der Waals surface area contributed by atoms with Gasteiger partial charge >= 0.3 is 12.1 Å². The molecule has 156 valence electrons. The highest BCUT2D eigenvalue weighted by atomic mass is 79.9. The maximum absolute atomic E-state index is 13.0. The summed E-state index contributed by atoms with van der Waals surface area (Å²) in [4.78, 5) is 31.2. The molecule has 1 saturated heterocycles. The zero-order valence-electron chi connectivity index (χ0n) is 17.6. The molecule has 6 nitrogen and oxygen atoms in total. The summed E-state index contributed by atoms with van der Waals surface area (Å²) in [7, 11) is 0. The molecule has 1 aliphatic rings. The van der Waals surface area contributed by atoms with E-state index < -0.39 is 11.2 Å². The van der Waals surface area contributed by atoms with E-state index in [2.05, 4.69) is 20.9 Å². The van der Waals surface area contributed by atoms with Gasteiger partial charge in [0.1, 0.15) is 15.8 Å². The Kier molecular flexibility index (Phi) is 7.12. The largest absolute Gasteiger partial charge is 0.460 e. The first kappa shape index (κ1) is 22.7. The topological polar surface area (TPSA) is 68.7 Å². The lowest BCUT2D eigenvalue weighted by Crippen LogP contribution is -2.38. The van der Waals surface area contributed by atoms with Crippen LogP contribution in [0.3, 0.4) is 0 Å². The van der Waals surface area contributed by atoms with Crippen LogP contribution < -0.4 is 0 Å². The summed E-state index contributed by atoms with van der Waals surface area (Å²) in [6, 6.07) is 3.82. The molecule has 0 spiro atoms. The Morgan fingerprint density at radius 3 is 2.43 bits per heavy atom. The Hall–Kier alpha value is -1.63. The number of ether oxygens (including phenoxy) is 2. The van der Waals surface area contributed by atoms with Gasteiger partial charge in [0.05, 0.1) is 5.92 Å². The van der Waals surface area contributed by atoms with Gasteiger partial charge in [0.25, 0.3) is 0 Å². The molecule has 0 saturated carbocycles. The summed E-state index contributed by atoms with van der Waals surface area (Å²) < 4.78 is 11.9. The third-order valence-corrected chi connectivity index (χ3v) is 4.84. The molecule has 1 aliphatic heterocycles. The number of carbonyl (C=O) groups is 2. The third-order valence-electron chi connectivity index (χ3n) is 4.40. The Bertz CT molecular complexity index is 709. The molecule has 0 aliphatic carbocycles. The Labute approximate surface area is 176 Å². The molecule has 0 aromatic carbocycles. The van der Waals surface area contributed by atoms with E-state index in [-0.39, 0.29) is 23.9 Å². The zero-order valence-corrected chi connectivity index (χ0v) is 19.2. The highest BCUT2D eigenvalue weighted by Crippen LogP contribution is 2.30. The van der Waals surface area contributed by atoms with Crippen LogP contribution in [0.25, 0.3) is 0 Å². The van der Waals surface area contributed by atoms with E-state index in [0.29, 0.717) is 19.5 Å². The standard InChI is InChI=1S/C21H31BrN2O4/c1-20(2,3)27-18(25)16(11-14-7-9-23-17(22)12-14)15-8-10-24(13-15)19(26)28-21(4,5)6/h7,9,12,15-16H,8,10-11,13H2,1-6H3/t15-,16-/m0/s1. The lowest BCUT2D eigenvalue weighted by Gasteiger charge is -2.28. The third kappa shape index (κ3) is 7.08. The molecule has 1 aromatic rings. The van der Waals surface area contributed by atoms with Crippen molar-refractivity contribution in [1.82, 2.24) is 9.88 Å². The van der Waals surface area contributed by atoms with Crippen molar-refractivity contribution in [3.05, 3.63) is 28.5 Å². The van der Waals surface area contributed by atoms with Crippen LogP contribution in [0.2, 0.25) is 0 Å². The van der Waals surface area contributed by atoms with Crippen LogP contribution in [0.5, 0.6) is 0 Å². The molecule has 2 heterocycles. The number of aromatic nitrogens is 1. The van der Waals surface area contributed by atoms with Crippen molar-refractivity contribution in [3.8, 4) is 0 Å². The smallest absolute Gasteiger partial charge is 0.410 e. The lowest BCUT2D eigenvalue weighted by atomic mass is 9.86. The second-order valence-corrected chi connectivity index (χ2v) is 10.1. The summed E-state index contributed by atoms with van der Waals surface area (Å²) in [6.45, 7) is 12.2. The van der Waals surface area contributed by atoms with Crippen molar-refractivity contribution in [2.45, 2.75) is 65.6 Å². The number of pyridine rings is 1. The van der Waals surface area contributed by atoms with Crippen LogP contribution in [0.15, 0.2) is 22.9 Å². The number of hydrogen-bond acceptors (Lipinski definition) is 5. The van der Waals surface area contributed by atoms with Gasteiger partial charge in [-0.05, 0) is 93.9 Å². The van der Waals surface area contributed by atoms with Crippen LogP contribution >= 0.6 is 15.9 Å². The lowest BCUT2D eigenvalue weighted by molar-refractivity contribution is -0.161. The monoisotopic (exact) mass is 454 g/mol. The van der Waals surface area contributed by atoms with Crippen LogP contribution in [0, 0.1) is 11.8 Å². The summed E-state index contributed by atoms with van der Waals surface area (Å²) >= 11 is 3.38. The van der Waals surface area contributed by atoms with Crippen LogP contribution in [0.4, 0.5) is 4.79 Å². The van der Waals surface area contributed by atoms with E-state index in [9.17, 15) is 9.59 Å². The molecule has 2 atom stereocenters. The van der Waals surface area contributed by atoms with E-state index in [1.807, 2.05) is 53.7 Å². The van der Waals surface area contributed by atoms with Crippen molar-refractivity contribution < 1.29 is 19.1 Å². The van der Waals surface area contributed by atoms with Crippen molar-refractivity contribution in [1.29, 1.82) is 0 Å². The highest BCUT2D eigenvalue weighted by Gasteiger charge is 2.39. The summed E-state index contributed by atoms with van der Waals surface area (Å²) in [5.74, 6) is -0.535. The summed E-state index contributed by atoms with van der Waals surface area (Å²) in [5.41, 5.74) is -0.0887. The maximum atomic E-state index is 13.0. The molecule has 2 rings (SSSR count). The molecule has 0 radical (unpaired) electrons. The van der Waals surface area contributed by atoms with Gasteiger partial charge in [0.15, 0.2) is 0 Å². The maximum Gasteiger partial charge on any atom is 0.410 e. The normalized spacial score (nSPS) is 18.7. The van der Waals surface area contributed by atoms with E-state index >= 15 is 0 Å². The second-order valence-electron chi connectivity index (χ2n) is 9.31. The van der Waals surface area contributed by atoms with Gasteiger partial charge in [-0.25, -0.2) is 9.78 Å². The van der Waals surface area contributed by atoms with Gasteiger partial charge in [-0.15, -0.1) is 0 Å². The number of nitrogens with zero attached hydrogens (tertiary/aromatic N) is 2. The van der Waals surface area contributed by atoms with Gasteiger partial charge in [-0.3, -0.25) is 4.79 Å². The molecule has 1 aromatic heterocycles. The molecule has 0 N–H and O–H groups in total. The summed E-state index contributed by atoms with van der Waals surface area (Å²) in [6.07, 6.45) is 2.68. The Morgan fingerprint density at radius 1 is 1.21 bits per heavy atom. The van der Waals surface area contributed by atoms with Gasteiger partial charge in [0, 0.05) is 19.3 Å². The first-order chi connectivity index (χ1) is 12.8. The van der Waals surface area contributed by atoms with Gasteiger partial charge in [-0.2, -0.15) is 0 Å². The Morgan fingerprint density at radius 2 is 1.86 bits per heavy atom. The minimum Gasteiger partial charge on any atom is -0.460 e. The second kappa shape index (κ2) is 8.80. The van der Waals surface area contributed by atoms with Gasteiger partial charge in [-0.1, -0.05) is 0 Å². The predicted molar refractivity (Wildman–Crippen MR) is 111 cm³/mol. The Balaban J connectivity index is 2.15. The van der Waals surface area contributed by atoms with E-state index in [1.165, 1.54) is 0 Å². The molecular formula is C21H31BrN2O4. The number of rotatable bonds is 4. The average molecular weight is 455 g/mol. The fourth-order valence-corrected chi connectivity index (χ4v) is 3.66. The van der Waals surface area contributed by atoms with Gasteiger partial charge in [0.2, 0.25) is 0 Å². The molecule has 1 amide bonds. The van der Waals surface area contributed by atoms with Crippen LogP contribution in [-0.4, -0.2) is 46.2 Å². The predicted octanol–water partition coefficient (Wildman–Crippen LogP) is 4.60. The molecular weight excluding hydrogens is 424 g/mol. The van der Waals surface area contributed by atoms with E-state index in [4.69, 9.17) is 9.47 Å². The molecule has 7 heteroatoms. The van der Waals surface area contributed by atoms with Crippen molar-refractivity contribution >= 4 is 28.0 Å². The zero-order chi connectivity index (χ0) is 21.1. The molecule has 28 heavy (non-hydrogen) atoms. The fraction of sp³-hybridized carbons (Fsp3) is 0.667. The minimum absolute atomic E-state index is 0.0225. The molecule has 0 bridgehead atoms. The molecule has 1 fully saturated rings. The average Bonchev–Trinajstić information content (AvgIpc) is 2.99. The van der Waals surface area contributed by atoms with Crippen LogP contribution in [0.1, 0.15) is 53.5 Å². The minimum atomic E-state index is -0.558. The SMILES string of the molecule is CC(C)(C)OC(=O)[C@@H](Cc1ccnc(Br)c1)[C@H]1CCN(C(=O)OC(C)(C)C)C1. The number of hydrogen-bond donors (Lipinski definition) is 0. The number of likely N-dealkylation sites (tertiary alicyclic amines) is 1. The van der Waals surface area contributed by atoms with Crippen molar-refractivity contribution in [3.63, 3.8) is 0 Å². The van der Waals surface area contributed by atoms with Crippen molar-refractivity contribution in [2.24, 2.45) is 11.8 Å².